The maximum atomic E-state index is 9.56. The minimum absolute atomic E-state index is 0.114. The van der Waals surface area contributed by atoms with Crippen molar-refractivity contribution in [3.8, 4) is 0 Å². The topological polar surface area (TPSA) is 32.3 Å². The van der Waals surface area contributed by atoms with Gasteiger partial charge in [-0.05, 0) is 31.9 Å². The van der Waals surface area contributed by atoms with Crippen LogP contribution in [0.3, 0.4) is 0 Å². The molecule has 0 aromatic heterocycles. The second-order valence-corrected chi connectivity index (χ2v) is 5.13. The van der Waals surface area contributed by atoms with Crippen molar-refractivity contribution in [2.45, 2.75) is 33.2 Å². The molecule has 0 aliphatic heterocycles. The third-order valence-electron chi connectivity index (χ3n) is 2.91. The van der Waals surface area contributed by atoms with Crippen molar-refractivity contribution < 1.29 is 5.11 Å². The van der Waals surface area contributed by atoms with Crippen LogP contribution in [-0.2, 0) is 5.54 Å². The Bertz CT molecular complexity index is 318. The lowest BCUT2D eigenvalue weighted by Gasteiger charge is -2.30. The van der Waals surface area contributed by atoms with E-state index in [0.717, 1.165) is 12.1 Å². The van der Waals surface area contributed by atoms with Gasteiger partial charge in [-0.1, -0.05) is 43.7 Å². The summed E-state index contributed by atoms with van der Waals surface area (Å²) in [6.45, 7) is 9.47. The van der Waals surface area contributed by atoms with E-state index in [1.165, 1.54) is 5.56 Å². The molecular weight excluding hydrogens is 198 g/mol. The third kappa shape index (κ3) is 3.32. The fraction of sp³-hybridized carbons (Fsp3) is 0.571. The smallest absolute Gasteiger partial charge is 0.0652 e. The van der Waals surface area contributed by atoms with E-state index in [1.54, 1.807) is 0 Å². The molecule has 0 bridgehead atoms. The van der Waals surface area contributed by atoms with Crippen LogP contribution in [-0.4, -0.2) is 18.3 Å². The second kappa shape index (κ2) is 5.46. The quantitative estimate of drug-likeness (QED) is 0.800. The van der Waals surface area contributed by atoms with Crippen molar-refractivity contribution in [2.24, 2.45) is 5.92 Å². The molecule has 0 heterocycles. The van der Waals surface area contributed by atoms with E-state index >= 15 is 0 Å². The van der Waals surface area contributed by atoms with Gasteiger partial charge < -0.3 is 10.4 Å². The van der Waals surface area contributed by atoms with E-state index in [4.69, 9.17) is 0 Å². The highest BCUT2D eigenvalue weighted by Gasteiger charge is 2.24. The molecular formula is C14H23NO. The SMILES string of the molecule is Cc1ccc(C(C)(CO)NCC(C)C)cc1. The lowest BCUT2D eigenvalue weighted by atomic mass is 9.91. The number of aryl methyl sites for hydroxylation is 1. The Balaban J connectivity index is 2.82. The van der Waals surface area contributed by atoms with Gasteiger partial charge in [0.15, 0.2) is 0 Å². The monoisotopic (exact) mass is 221 g/mol. The first-order valence-corrected chi connectivity index (χ1v) is 5.91. The Hall–Kier alpha value is -0.860. The summed E-state index contributed by atoms with van der Waals surface area (Å²) in [6.07, 6.45) is 0. The Morgan fingerprint density at radius 3 is 2.25 bits per heavy atom. The summed E-state index contributed by atoms with van der Waals surface area (Å²) in [5, 5.41) is 13.0. The van der Waals surface area contributed by atoms with Crippen molar-refractivity contribution in [1.82, 2.24) is 5.32 Å². The Morgan fingerprint density at radius 1 is 1.25 bits per heavy atom. The summed E-state index contributed by atoms with van der Waals surface area (Å²) in [5.41, 5.74) is 2.05. The van der Waals surface area contributed by atoms with Crippen molar-refractivity contribution in [3.05, 3.63) is 35.4 Å². The van der Waals surface area contributed by atoms with E-state index < -0.39 is 0 Å². The number of aliphatic hydroxyl groups is 1. The molecule has 0 spiro atoms. The molecule has 0 fully saturated rings. The number of hydrogen-bond donors (Lipinski definition) is 2. The first-order valence-electron chi connectivity index (χ1n) is 5.91. The number of aliphatic hydroxyl groups excluding tert-OH is 1. The summed E-state index contributed by atoms with van der Waals surface area (Å²) in [4.78, 5) is 0. The maximum Gasteiger partial charge on any atom is 0.0652 e. The fourth-order valence-electron chi connectivity index (χ4n) is 1.60. The molecule has 1 aromatic carbocycles. The van der Waals surface area contributed by atoms with Crippen LogP contribution in [0, 0.1) is 12.8 Å². The van der Waals surface area contributed by atoms with E-state index in [1.807, 2.05) is 6.92 Å². The van der Waals surface area contributed by atoms with Gasteiger partial charge in [0.1, 0.15) is 0 Å². The third-order valence-corrected chi connectivity index (χ3v) is 2.91. The van der Waals surface area contributed by atoms with E-state index in [9.17, 15) is 5.11 Å². The molecule has 1 unspecified atom stereocenters. The summed E-state index contributed by atoms with van der Waals surface area (Å²) < 4.78 is 0. The molecule has 0 saturated heterocycles. The first-order chi connectivity index (χ1) is 7.48. The van der Waals surface area contributed by atoms with Gasteiger partial charge in [0.2, 0.25) is 0 Å². The van der Waals surface area contributed by atoms with Gasteiger partial charge in [-0.25, -0.2) is 0 Å². The average molecular weight is 221 g/mol. The van der Waals surface area contributed by atoms with Gasteiger partial charge in [0, 0.05) is 0 Å². The molecule has 0 aliphatic carbocycles. The normalized spacial score (nSPS) is 15.1. The Kier molecular flexibility index (Phi) is 4.51. The summed E-state index contributed by atoms with van der Waals surface area (Å²) in [6, 6.07) is 8.33. The highest BCUT2D eigenvalue weighted by molar-refractivity contribution is 5.27. The lowest BCUT2D eigenvalue weighted by Crippen LogP contribution is -2.44. The maximum absolute atomic E-state index is 9.56. The summed E-state index contributed by atoms with van der Waals surface area (Å²) in [5.74, 6) is 0.580. The van der Waals surface area contributed by atoms with Gasteiger partial charge in [-0.3, -0.25) is 0 Å². The minimum atomic E-state index is -0.335. The number of nitrogens with one attached hydrogen (secondary N) is 1. The number of hydrogen-bond acceptors (Lipinski definition) is 2. The summed E-state index contributed by atoms with van der Waals surface area (Å²) >= 11 is 0. The zero-order chi connectivity index (χ0) is 12.2. The fourth-order valence-corrected chi connectivity index (χ4v) is 1.60. The highest BCUT2D eigenvalue weighted by atomic mass is 16.3. The Labute approximate surface area is 98.7 Å². The molecule has 1 rings (SSSR count). The standard InChI is InChI=1S/C14H23NO/c1-11(2)9-15-14(4,10-16)13-7-5-12(3)6-8-13/h5-8,11,15-16H,9-10H2,1-4H3. The van der Waals surface area contributed by atoms with Gasteiger partial charge in [-0.15, -0.1) is 0 Å². The van der Waals surface area contributed by atoms with Gasteiger partial charge in [-0.2, -0.15) is 0 Å². The van der Waals surface area contributed by atoms with Crippen LogP contribution in [0.25, 0.3) is 0 Å². The summed E-state index contributed by atoms with van der Waals surface area (Å²) in [7, 11) is 0. The lowest BCUT2D eigenvalue weighted by molar-refractivity contribution is 0.171. The van der Waals surface area contributed by atoms with Gasteiger partial charge in [0.25, 0.3) is 0 Å². The van der Waals surface area contributed by atoms with Crippen LogP contribution < -0.4 is 5.32 Å². The first kappa shape index (κ1) is 13.2. The van der Waals surface area contributed by atoms with Crippen molar-refractivity contribution >= 4 is 0 Å². The molecule has 16 heavy (non-hydrogen) atoms. The molecule has 0 aliphatic rings. The number of rotatable bonds is 5. The van der Waals surface area contributed by atoms with Gasteiger partial charge in [0.05, 0.1) is 12.1 Å². The predicted octanol–water partition coefficient (Wildman–Crippen LogP) is 2.45. The molecule has 2 N–H and O–H groups in total. The highest BCUT2D eigenvalue weighted by Crippen LogP contribution is 2.20. The zero-order valence-corrected chi connectivity index (χ0v) is 10.7. The molecule has 0 saturated carbocycles. The van der Waals surface area contributed by atoms with Crippen LogP contribution in [0.15, 0.2) is 24.3 Å². The van der Waals surface area contributed by atoms with Crippen LogP contribution in [0.2, 0.25) is 0 Å². The van der Waals surface area contributed by atoms with Gasteiger partial charge >= 0.3 is 0 Å². The second-order valence-electron chi connectivity index (χ2n) is 5.13. The van der Waals surface area contributed by atoms with Crippen molar-refractivity contribution in [1.29, 1.82) is 0 Å². The largest absolute Gasteiger partial charge is 0.394 e. The molecule has 0 radical (unpaired) electrons. The molecule has 2 nitrogen and oxygen atoms in total. The van der Waals surface area contributed by atoms with Crippen LogP contribution in [0.4, 0.5) is 0 Å². The molecule has 1 atom stereocenters. The van der Waals surface area contributed by atoms with E-state index in [2.05, 4.69) is 50.4 Å². The van der Waals surface area contributed by atoms with Crippen LogP contribution >= 0.6 is 0 Å². The molecule has 2 heteroatoms. The zero-order valence-electron chi connectivity index (χ0n) is 10.7. The predicted molar refractivity (Wildman–Crippen MR) is 68.5 cm³/mol. The Morgan fingerprint density at radius 2 is 1.81 bits per heavy atom. The van der Waals surface area contributed by atoms with Crippen molar-refractivity contribution in [2.75, 3.05) is 13.2 Å². The number of benzene rings is 1. The molecule has 0 amide bonds. The molecule has 1 aromatic rings. The van der Waals surface area contributed by atoms with Crippen LogP contribution in [0.5, 0.6) is 0 Å². The van der Waals surface area contributed by atoms with Crippen molar-refractivity contribution in [3.63, 3.8) is 0 Å². The van der Waals surface area contributed by atoms with E-state index in [-0.39, 0.29) is 12.1 Å². The molecule has 90 valence electrons. The van der Waals surface area contributed by atoms with E-state index in [0.29, 0.717) is 5.92 Å². The average Bonchev–Trinajstić information content (AvgIpc) is 2.27. The minimum Gasteiger partial charge on any atom is -0.394 e. The van der Waals surface area contributed by atoms with Crippen LogP contribution in [0.1, 0.15) is 31.9 Å².